The zero-order valence-corrected chi connectivity index (χ0v) is 13.9. The second-order valence-corrected chi connectivity index (χ2v) is 5.30. The van der Waals surface area contributed by atoms with Gasteiger partial charge in [-0.15, -0.1) is 13.2 Å². The Morgan fingerprint density at radius 2 is 1.48 bits per heavy atom. The molecule has 6 nitrogen and oxygen atoms in total. The zero-order valence-electron chi connectivity index (χ0n) is 13.9. The number of nitrogens with one attached hydrogen (secondary N) is 1. The van der Waals surface area contributed by atoms with Crippen molar-refractivity contribution in [2.45, 2.75) is 19.3 Å². The third-order valence-corrected chi connectivity index (χ3v) is 3.18. The summed E-state index contributed by atoms with van der Waals surface area (Å²) in [6, 6.07) is 11.9. The molecular formula is C18H14F3NO5. The van der Waals surface area contributed by atoms with Crippen LogP contribution in [0.25, 0.3) is 0 Å². The van der Waals surface area contributed by atoms with E-state index in [2.05, 4.69) is 4.74 Å². The van der Waals surface area contributed by atoms with Crippen molar-refractivity contribution in [2.24, 2.45) is 0 Å². The smallest absolute Gasteiger partial charge is 0.457 e. The van der Waals surface area contributed by atoms with Gasteiger partial charge < -0.3 is 14.8 Å². The molecule has 0 aliphatic carbocycles. The minimum atomic E-state index is -5.28. The van der Waals surface area contributed by atoms with Gasteiger partial charge in [-0.2, -0.15) is 0 Å². The second-order valence-electron chi connectivity index (χ2n) is 5.30. The SMILES string of the molecule is CC(=O)NC(C(=O)OC(F)(F)F)C(=O)c1ccc(Oc2ccccc2)cc1. The molecule has 2 aromatic rings. The molecule has 142 valence electrons. The third kappa shape index (κ3) is 6.14. The van der Waals surface area contributed by atoms with E-state index < -0.39 is 30.1 Å². The molecule has 0 saturated heterocycles. The molecule has 1 atom stereocenters. The van der Waals surface area contributed by atoms with Gasteiger partial charge in [0.1, 0.15) is 11.5 Å². The van der Waals surface area contributed by atoms with Crippen molar-refractivity contribution in [3.63, 3.8) is 0 Å². The maximum Gasteiger partial charge on any atom is 0.575 e. The van der Waals surface area contributed by atoms with E-state index in [0.29, 0.717) is 11.5 Å². The van der Waals surface area contributed by atoms with Gasteiger partial charge in [0, 0.05) is 12.5 Å². The predicted octanol–water partition coefficient (Wildman–Crippen LogP) is 3.23. The van der Waals surface area contributed by atoms with Gasteiger partial charge in [-0.25, -0.2) is 4.79 Å². The minimum Gasteiger partial charge on any atom is -0.457 e. The van der Waals surface area contributed by atoms with Gasteiger partial charge in [-0.1, -0.05) is 18.2 Å². The lowest BCUT2D eigenvalue weighted by Crippen LogP contribution is -2.48. The number of esters is 1. The molecule has 0 radical (unpaired) electrons. The van der Waals surface area contributed by atoms with Crippen molar-refractivity contribution < 1.29 is 37.0 Å². The van der Waals surface area contributed by atoms with Gasteiger partial charge in [0.15, 0.2) is 11.8 Å². The average molecular weight is 381 g/mol. The summed E-state index contributed by atoms with van der Waals surface area (Å²) in [6.07, 6.45) is -5.28. The van der Waals surface area contributed by atoms with Crippen LogP contribution in [0.2, 0.25) is 0 Å². The summed E-state index contributed by atoms with van der Waals surface area (Å²) in [7, 11) is 0. The lowest BCUT2D eigenvalue weighted by Gasteiger charge is -2.17. The van der Waals surface area contributed by atoms with Crippen molar-refractivity contribution in [1.29, 1.82) is 0 Å². The molecule has 0 heterocycles. The highest BCUT2D eigenvalue weighted by Crippen LogP contribution is 2.22. The van der Waals surface area contributed by atoms with Gasteiger partial charge >= 0.3 is 12.3 Å². The van der Waals surface area contributed by atoms with Crippen LogP contribution in [0, 0.1) is 0 Å². The molecule has 2 rings (SSSR count). The van der Waals surface area contributed by atoms with Gasteiger partial charge in [-0.3, -0.25) is 9.59 Å². The first kappa shape index (κ1) is 20.0. The molecule has 0 spiro atoms. The first-order chi connectivity index (χ1) is 12.7. The molecule has 0 bridgehead atoms. The minimum absolute atomic E-state index is 0.103. The van der Waals surface area contributed by atoms with Crippen molar-refractivity contribution in [1.82, 2.24) is 5.32 Å². The fourth-order valence-electron chi connectivity index (χ4n) is 2.09. The molecule has 1 N–H and O–H groups in total. The maximum absolute atomic E-state index is 12.4. The molecular weight excluding hydrogens is 367 g/mol. The Kier molecular flexibility index (Phi) is 6.17. The van der Waals surface area contributed by atoms with Crippen LogP contribution in [0.4, 0.5) is 13.2 Å². The molecule has 27 heavy (non-hydrogen) atoms. The third-order valence-electron chi connectivity index (χ3n) is 3.18. The standard InChI is InChI=1S/C18H14F3NO5/c1-11(23)22-15(17(25)27-18(19,20)21)16(24)12-7-9-14(10-8-12)26-13-5-3-2-4-6-13/h2-10,15H,1H3,(H,22,23). The topological polar surface area (TPSA) is 81.7 Å². The Balaban J connectivity index is 2.16. The summed E-state index contributed by atoms with van der Waals surface area (Å²) in [6.45, 7) is 0.956. The number of ketones is 1. The summed E-state index contributed by atoms with van der Waals surface area (Å²) in [4.78, 5) is 35.1. The van der Waals surface area contributed by atoms with Crippen LogP contribution in [-0.4, -0.2) is 30.1 Å². The van der Waals surface area contributed by atoms with Crippen LogP contribution in [0.5, 0.6) is 11.5 Å². The van der Waals surface area contributed by atoms with Crippen molar-refractivity contribution >= 4 is 17.7 Å². The van der Waals surface area contributed by atoms with Crippen LogP contribution in [0.15, 0.2) is 54.6 Å². The van der Waals surface area contributed by atoms with Crippen LogP contribution in [-0.2, 0) is 14.3 Å². The molecule has 0 aromatic heterocycles. The van der Waals surface area contributed by atoms with E-state index >= 15 is 0 Å². The van der Waals surface area contributed by atoms with E-state index in [9.17, 15) is 27.6 Å². The zero-order chi connectivity index (χ0) is 20.0. The molecule has 0 aliphatic heterocycles. The predicted molar refractivity (Wildman–Crippen MR) is 87.0 cm³/mol. The van der Waals surface area contributed by atoms with E-state index in [1.165, 1.54) is 24.3 Å². The average Bonchev–Trinajstić information content (AvgIpc) is 2.59. The molecule has 0 saturated carbocycles. The highest BCUT2D eigenvalue weighted by Gasteiger charge is 2.40. The molecule has 0 fully saturated rings. The lowest BCUT2D eigenvalue weighted by atomic mass is 10.0. The largest absolute Gasteiger partial charge is 0.575 e. The highest BCUT2D eigenvalue weighted by molar-refractivity contribution is 6.13. The molecule has 2 aromatic carbocycles. The highest BCUT2D eigenvalue weighted by atomic mass is 19.4. The van der Waals surface area contributed by atoms with Gasteiger partial charge in [0.25, 0.3) is 0 Å². The number of amides is 1. The van der Waals surface area contributed by atoms with Crippen LogP contribution in [0.1, 0.15) is 17.3 Å². The summed E-state index contributed by atoms with van der Waals surface area (Å²) >= 11 is 0. The number of hydrogen-bond donors (Lipinski definition) is 1. The first-order valence-electron chi connectivity index (χ1n) is 7.59. The van der Waals surface area contributed by atoms with Crippen molar-refractivity contribution in [2.75, 3.05) is 0 Å². The number of benzene rings is 2. The van der Waals surface area contributed by atoms with Crippen molar-refractivity contribution in [3.8, 4) is 11.5 Å². The number of halogens is 3. The number of alkyl halides is 3. The Labute approximate surface area is 151 Å². The lowest BCUT2D eigenvalue weighted by molar-refractivity contribution is -0.306. The van der Waals surface area contributed by atoms with Crippen LogP contribution >= 0.6 is 0 Å². The Hall–Kier alpha value is -3.36. The quantitative estimate of drug-likeness (QED) is 0.472. The molecule has 0 aliphatic rings. The first-order valence-corrected chi connectivity index (χ1v) is 7.59. The van der Waals surface area contributed by atoms with Crippen molar-refractivity contribution in [3.05, 3.63) is 60.2 Å². The van der Waals surface area contributed by atoms with Crippen LogP contribution < -0.4 is 10.1 Å². The van der Waals surface area contributed by atoms with E-state index in [-0.39, 0.29) is 5.56 Å². The monoisotopic (exact) mass is 381 g/mol. The number of para-hydroxylation sites is 1. The normalized spacial score (nSPS) is 12.0. The molecule has 1 amide bonds. The number of carbonyl (C=O) groups excluding carboxylic acids is 3. The summed E-state index contributed by atoms with van der Waals surface area (Å²) in [5.74, 6) is -2.93. The fourth-order valence-corrected chi connectivity index (χ4v) is 2.09. The summed E-state index contributed by atoms with van der Waals surface area (Å²) in [5.41, 5.74) is -0.103. The van der Waals surface area contributed by atoms with E-state index in [4.69, 9.17) is 4.74 Å². The molecule has 1 unspecified atom stereocenters. The summed E-state index contributed by atoms with van der Waals surface area (Å²) < 4.78 is 45.5. The number of ether oxygens (including phenoxy) is 2. The Bertz CT molecular complexity index is 819. The van der Waals surface area contributed by atoms with Crippen LogP contribution in [0.3, 0.4) is 0 Å². The van der Waals surface area contributed by atoms with E-state index in [0.717, 1.165) is 6.92 Å². The maximum atomic E-state index is 12.4. The van der Waals surface area contributed by atoms with Gasteiger partial charge in [0.05, 0.1) is 0 Å². The number of hydrogen-bond acceptors (Lipinski definition) is 5. The van der Waals surface area contributed by atoms with Gasteiger partial charge in [0.2, 0.25) is 5.91 Å². The van der Waals surface area contributed by atoms with E-state index in [1.54, 1.807) is 30.3 Å². The molecule has 9 heteroatoms. The number of Topliss-reactive ketones (excluding diaryl/α,β-unsaturated/α-hetero) is 1. The van der Waals surface area contributed by atoms with Gasteiger partial charge in [-0.05, 0) is 36.4 Å². The fraction of sp³-hybridized carbons (Fsp3) is 0.167. The Morgan fingerprint density at radius 1 is 0.926 bits per heavy atom. The van der Waals surface area contributed by atoms with E-state index in [1.807, 2.05) is 5.32 Å². The number of carbonyl (C=O) groups is 3. The summed E-state index contributed by atoms with van der Waals surface area (Å²) in [5, 5.41) is 1.86. The Morgan fingerprint density at radius 3 is 2.00 bits per heavy atom. The number of rotatable bonds is 6. The second kappa shape index (κ2) is 8.35.